The Balaban J connectivity index is 2.22. The Hall–Kier alpha value is -1.43. The Bertz CT molecular complexity index is 508. The lowest BCUT2D eigenvalue weighted by molar-refractivity contribution is 0.411. The minimum Gasteiger partial charge on any atom is -0.506 e. The van der Waals surface area contributed by atoms with Gasteiger partial charge in [-0.25, -0.2) is 8.42 Å². The molecule has 2 rings (SSSR count). The number of methoxy groups -OCH3 is 1. The van der Waals surface area contributed by atoms with Crippen molar-refractivity contribution >= 4 is 15.7 Å². The summed E-state index contributed by atoms with van der Waals surface area (Å²) >= 11 is 0. The van der Waals surface area contributed by atoms with Crippen LogP contribution in [0.25, 0.3) is 0 Å². The first-order valence-electron chi connectivity index (χ1n) is 5.38. The molecule has 6 heteroatoms. The SMILES string of the molecule is COc1cccc(O)c1NS(=O)(=O)CC1CC1. The van der Waals surface area contributed by atoms with Crippen molar-refractivity contribution < 1.29 is 18.3 Å². The van der Waals surface area contributed by atoms with Gasteiger partial charge in [-0.2, -0.15) is 0 Å². The van der Waals surface area contributed by atoms with Crippen molar-refractivity contribution in [2.45, 2.75) is 12.8 Å². The van der Waals surface area contributed by atoms with Crippen LogP contribution in [0.4, 0.5) is 5.69 Å². The van der Waals surface area contributed by atoms with Crippen LogP contribution >= 0.6 is 0 Å². The van der Waals surface area contributed by atoms with Crippen molar-refractivity contribution in [2.75, 3.05) is 17.6 Å². The monoisotopic (exact) mass is 257 g/mol. The first-order chi connectivity index (χ1) is 8.02. The fraction of sp³-hybridized carbons (Fsp3) is 0.455. The number of aromatic hydroxyl groups is 1. The number of hydrogen-bond acceptors (Lipinski definition) is 4. The fourth-order valence-electron chi connectivity index (χ4n) is 1.58. The summed E-state index contributed by atoms with van der Waals surface area (Å²) in [5.74, 6) is 0.530. The first kappa shape index (κ1) is 12.0. The second-order valence-electron chi connectivity index (χ2n) is 4.18. The van der Waals surface area contributed by atoms with Gasteiger partial charge in [0, 0.05) is 0 Å². The number of sulfonamides is 1. The van der Waals surface area contributed by atoms with Crippen molar-refractivity contribution in [1.82, 2.24) is 0 Å². The zero-order valence-electron chi connectivity index (χ0n) is 9.51. The fourth-order valence-corrected chi connectivity index (χ4v) is 3.14. The number of anilines is 1. The molecule has 1 aromatic carbocycles. The maximum atomic E-state index is 11.8. The third kappa shape index (κ3) is 3.03. The van der Waals surface area contributed by atoms with E-state index in [0.717, 1.165) is 12.8 Å². The van der Waals surface area contributed by atoms with Crippen molar-refractivity contribution in [1.29, 1.82) is 0 Å². The van der Waals surface area contributed by atoms with Crippen LogP contribution in [-0.2, 0) is 10.0 Å². The van der Waals surface area contributed by atoms with E-state index in [1.165, 1.54) is 13.2 Å². The number of ether oxygens (including phenoxy) is 1. The molecule has 1 saturated carbocycles. The summed E-state index contributed by atoms with van der Waals surface area (Å²) in [5.41, 5.74) is 0.107. The number of nitrogens with one attached hydrogen (secondary N) is 1. The summed E-state index contributed by atoms with van der Waals surface area (Å²) in [6.45, 7) is 0. The lowest BCUT2D eigenvalue weighted by Crippen LogP contribution is -2.18. The van der Waals surface area contributed by atoms with Crippen LogP contribution in [0.2, 0.25) is 0 Å². The van der Waals surface area contributed by atoms with E-state index in [0.29, 0.717) is 5.75 Å². The molecule has 0 unspecified atom stereocenters. The topological polar surface area (TPSA) is 75.6 Å². The highest BCUT2D eigenvalue weighted by Gasteiger charge is 2.29. The molecule has 0 aromatic heterocycles. The quantitative estimate of drug-likeness (QED) is 0.785. The minimum absolute atomic E-state index is 0.102. The average molecular weight is 257 g/mol. The summed E-state index contributed by atoms with van der Waals surface area (Å²) in [4.78, 5) is 0. The molecule has 1 aliphatic carbocycles. The molecule has 2 N–H and O–H groups in total. The Morgan fingerprint density at radius 3 is 2.76 bits per heavy atom. The standard InChI is InChI=1S/C11H15NO4S/c1-16-10-4-2-3-9(13)11(10)12-17(14,15)7-8-5-6-8/h2-4,8,12-13H,5-7H2,1H3. The van der Waals surface area contributed by atoms with Crippen molar-refractivity contribution in [3.63, 3.8) is 0 Å². The van der Waals surface area contributed by atoms with E-state index in [4.69, 9.17) is 4.74 Å². The van der Waals surface area contributed by atoms with Crippen molar-refractivity contribution in [3.05, 3.63) is 18.2 Å². The molecule has 17 heavy (non-hydrogen) atoms. The number of rotatable bonds is 5. The Morgan fingerprint density at radius 1 is 1.47 bits per heavy atom. The van der Waals surface area contributed by atoms with E-state index in [1.807, 2.05) is 0 Å². The van der Waals surface area contributed by atoms with Crippen LogP contribution in [0.3, 0.4) is 0 Å². The van der Waals surface area contributed by atoms with Crippen LogP contribution in [0.1, 0.15) is 12.8 Å². The largest absolute Gasteiger partial charge is 0.506 e. The van der Waals surface area contributed by atoms with E-state index >= 15 is 0 Å². The predicted molar refractivity (Wildman–Crippen MR) is 64.8 cm³/mol. The van der Waals surface area contributed by atoms with E-state index in [1.54, 1.807) is 12.1 Å². The van der Waals surface area contributed by atoms with Gasteiger partial charge in [0.15, 0.2) is 0 Å². The molecule has 0 spiro atoms. The highest BCUT2D eigenvalue weighted by molar-refractivity contribution is 7.92. The highest BCUT2D eigenvalue weighted by atomic mass is 32.2. The molecular formula is C11H15NO4S. The van der Waals surface area contributed by atoms with E-state index in [9.17, 15) is 13.5 Å². The lowest BCUT2D eigenvalue weighted by Gasteiger charge is -2.12. The second kappa shape index (κ2) is 4.44. The molecule has 94 valence electrons. The van der Waals surface area contributed by atoms with Gasteiger partial charge in [0.2, 0.25) is 10.0 Å². The summed E-state index contributed by atoms with van der Waals surface area (Å²) < 4.78 is 31.0. The Labute approximate surface area is 100 Å². The number of benzene rings is 1. The van der Waals surface area contributed by atoms with Gasteiger partial charge >= 0.3 is 0 Å². The van der Waals surface area contributed by atoms with Gasteiger partial charge in [0.05, 0.1) is 12.9 Å². The van der Waals surface area contributed by atoms with Crippen molar-refractivity contribution in [2.24, 2.45) is 5.92 Å². The molecule has 5 nitrogen and oxygen atoms in total. The minimum atomic E-state index is -3.42. The molecule has 0 radical (unpaired) electrons. The average Bonchev–Trinajstić information content (AvgIpc) is 3.04. The molecule has 0 heterocycles. The van der Waals surface area contributed by atoms with Crippen LogP contribution in [-0.4, -0.2) is 26.4 Å². The zero-order chi connectivity index (χ0) is 12.5. The molecule has 0 aliphatic heterocycles. The van der Waals surface area contributed by atoms with Gasteiger partial charge < -0.3 is 9.84 Å². The van der Waals surface area contributed by atoms with Gasteiger partial charge in [-0.1, -0.05) is 6.07 Å². The molecule has 0 saturated heterocycles. The van der Waals surface area contributed by atoms with Gasteiger partial charge in [0.1, 0.15) is 17.2 Å². The number of phenols is 1. The number of para-hydroxylation sites is 1. The number of phenolic OH excluding ortho intramolecular Hbond substituents is 1. The van der Waals surface area contributed by atoms with E-state index < -0.39 is 10.0 Å². The van der Waals surface area contributed by atoms with E-state index in [2.05, 4.69) is 4.72 Å². The third-order valence-electron chi connectivity index (χ3n) is 2.63. The summed E-state index contributed by atoms with van der Waals surface area (Å²) in [5, 5.41) is 9.63. The number of hydrogen-bond donors (Lipinski definition) is 2. The molecule has 1 fully saturated rings. The summed E-state index contributed by atoms with van der Waals surface area (Å²) in [6, 6.07) is 4.60. The van der Waals surface area contributed by atoms with Gasteiger partial charge in [-0.3, -0.25) is 4.72 Å². The smallest absolute Gasteiger partial charge is 0.233 e. The van der Waals surface area contributed by atoms with Gasteiger partial charge in [0.25, 0.3) is 0 Å². The maximum Gasteiger partial charge on any atom is 0.233 e. The summed E-state index contributed by atoms with van der Waals surface area (Å²) in [6.07, 6.45) is 1.91. The lowest BCUT2D eigenvalue weighted by atomic mass is 10.3. The van der Waals surface area contributed by atoms with E-state index in [-0.39, 0.29) is 23.1 Å². The molecule has 1 aliphatic rings. The molecule has 0 amide bonds. The predicted octanol–water partition coefficient (Wildman–Crippen LogP) is 1.55. The maximum absolute atomic E-state index is 11.8. The van der Waals surface area contributed by atoms with Gasteiger partial charge in [-0.15, -0.1) is 0 Å². The van der Waals surface area contributed by atoms with Crippen LogP contribution in [0.15, 0.2) is 18.2 Å². The highest BCUT2D eigenvalue weighted by Crippen LogP contribution is 2.36. The normalized spacial score (nSPS) is 15.6. The second-order valence-corrected chi connectivity index (χ2v) is 5.95. The molecule has 1 aromatic rings. The molecule has 0 bridgehead atoms. The van der Waals surface area contributed by atoms with Crippen LogP contribution in [0, 0.1) is 5.92 Å². The third-order valence-corrected chi connectivity index (χ3v) is 4.06. The zero-order valence-corrected chi connectivity index (χ0v) is 10.3. The first-order valence-corrected chi connectivity index (χ1v) is 7.03. The molecular weight excluding hydrogens is 242 g/mol. The van der Waals surface area contributed by atoms with Gasteiger partial charge in [-0.05, 0) is 30.9 Å². The Kier molecular flexibility index (Phi) is 3.15. The summed E-state index contributed by atoms with van der Waals surface area (Å²) in [7, 11) is -1.99. The Morgan fingerprint density at radius 2 is 2.18 bits per heavy atom. The van der Waals surface area contributed by atoms with Crippen LogP contribution < -0.4 is 9.46 Å². The molecule has 0 atom stereocenters. The van der Waals surface area contributed by atoms with Crippen molar-refractivity contribution in [3.8, 4) is 11.5 Å². The van der Waals surface area contributed by atoms with Crippen LogP contribution in [0.5, 0.6) is 11.5 Å².